The van der Waals surface area contributed by atoms with Crippen LogP contribution in [0.5, 0.6) is 0 Å². The molecule has 0 spiro atoms. The van der Waals surface area contributed by atoms with Gasteiger partial charge in [-0.05, 0) is 37.8 Å². The average Bonchev–Trinajstić information content (AvgIpc) is 2.79. The topological polar surface area (TPSA) is 61.6 Å². The zero-order valence-electron chi connectivity index (χ0n) is 9.56. The Hall–Kier alpha value is -0.640. The van der Waals surface area contributed by atoms with Crippen LogP contribution in [0, 0.1) is 11.3 Å². The molecule has 1 N–H and O–H groups in total. The lowest BCUT2D eigenvalue weighted by Gasteiger charge is -2.22. The number of thioether (sulfide) groups is 1. The van der Waals surface area contributed by atoms with Crippen molar-refractivity contribution in [3.63, 3.8) is 0 Å². The van der Waals surface area contributed by atoms with Crippen molar-refractivity contribution in [1.82, 2.24) is 14.7 Å². The molecule has 0 aromatic carbocycles. The van der Waals surface area contributed by atoms with Gasteiger partial charge in [-0.15, -0.1) is 0 Å². The van der Waals surface area contributed by atoms with E-state index in [1.807, 2.05) is 6.92 Å². The largest absolute Gasteiger partial charge is 0.300 e. The molecule has 0 amide bonds. The molecule has 0 saturated heterocycles. The standard InChI is InChI=1S/C10H16N4S2/c1-3-5-13-10(2,7-11)4-6-15-9-12-8-14-16-9/h8,13H,3-6H2,1-2H3. The van der Waals surface area contributed by atoms with Crippen LogP contribution in [0.25, 0.3) is 0 Å². The van der Waals surface area contributed by atoms with Gasteiger partial charge in [-0.25, -0.2) is 4.98 Å². The molecule has 1 aromatic heterocycles. The minimum absolute atomic E-state index is 0.423. The van der Waals surface area contributed by atoms with Gasteiger partial charge in [-0.3, -0.25) is 5.32 Å². The van der Waals surface area contributed by atoms with Gasteiger partial charge in [0.05, 0.1) is 6.07 Å². The van der Waals surface area contributed by atoms with E-state index < -0.39 is 5.54 Å². The van der Waals surface area contributed by atoms with E-state index in [1.54, 1.807) is 18.1 Å². The fraction of sp³-hybridized carbons (Fsp3) is 0.700. The van der Waals surface area contributed by atoms with Crippen molar-refractivity contribution < 1.29 is 0 Å². The molecule has 0 aliphatic heterocycles. The van der Waals surface area contributed by atoms with Gasteiger partial charge >= 0.3 is 0 Å². The van der Waals surface area contributed by atoms with Crippen LogP contribution in [0.3, 0.4) is 0 Å². The Kier molecular flexibility index (Phi) is 5.74. The Morgan fingerprint density at radius 1 is 1.69 bits per heavy atom. The van der Waals surface area contributed by atoms with Crippen molar-refractivity contribution in [2.24, 2.45) is 0 Å². The maximum absolute atomic E-state index is 9.12. The van der Waals surface area contributed by atoms with Crippen LogP contribution in [-0.2, 0) is 0 Å². The maximum atomic E-state index is 9.12. The quantitative estimate of drug-likeness (QED) is 0.758. The van der Waals surface area contributed by atoms with E-state index in [4.69, 9.17) is 5.26 Å². The Labute approximate surface area is 105 Å². The number of aromatic nitrogens is 2. The Balaban J connectivity index is 2.31. The summed E-state index contributed by atoms with van der Waals surface area (Å²) in [7, 11) is 0. The van der Waals surface area contributed by atoms with Crippen molar-refractivity contribution in [3.8, 4) is 6.07 Å². The maximum Gasteiger partial charge on any atom is 0.169 e. The van der Waals surface area contributed by atoms with Crippen LogP contribution in [-0.4, -0.2) is 27.2 Å². The molecule has 0 bridgehead atoms. The molecule has 0 aliphatic carbocycles. The van der Waals surface area contributed by atoms with Crippen LogP contribution in [0.15, 0.2) is 10.7 Å². The van der Waals surface area contributed by atoms with Gasteiger partial charge in [0.1, 0.15) is 11.9 Å². The molecule has 1 atom stereocenters. The van der Waals surface area contributed by atoms with Crippen molar-refractivity contribution in [1.29, 1.82) is 5.26 Å². The Morgan fingerprint density at radius 2 is 2.50 bits per heavy atom. The summed E-state index contributed by atoms with van der Waals surface area (Å²) in [5, 5.41) is 12.4. The smallest absolute Gasteiger partial charge is 0.169 e. The highest BCUT2D eigenvalue weighted by Crippen LogP contribution is 2.22. The first-order valence-corrected chi connectivity index (χ1v) is 7.02. The summed E-state index contributed by atoms with van der Waals surface area (Å²) in [6.45, 7) is 4.93. The number of nitrogens with zero attached hydrogens (tertiary/aromatic N) is 3. The van der Waals surface area contributed by atoms with Gasteiger partial charge in [0.15, 0.2) is 4.34 Å². The molecule has 0 fully saturated rings. The fourth-order valence-corrected chi connectivity index (χ4v) is 2.83. The summed E-state index contributed by atoms with van der Waals surface area (Å²) < 4.78 is 4.90. The SMILES string of the molecule is CCCNC(C)(C#N)CCSc1ncns1. The van der Waals surface area contributed by atoms with Crippen molar-refractivity contribution in [3.05, 3.63) is 6.33 Å². The van der Waals surface area contributed by atoms with Gasteiger partial charge in [-0.2, -0.15) is 9.64 Å². The summed E-state index contributed by atoms with van der Waals surface area (Å²) in [4.78, 5) is 4.09. The Bertz CT molecular complexity index is 333. The van der Waals surface area contributed by atoms with Crippen LogP contribution >= 0.6 is 23.3 Å². The number of nitriles is 1. The summed E-state index contributed by atoms with van der Waals surface area (Å²) in [6, 6.07) is 2.34. The lowest BCUT2D eigenvalue weighted by atomic mass is 10.0. The molecule has 1 heterocycles. The zero-order valence-corrected chi connectivity index (χ0v) is 11.2. The van der Waals surface area contributed by atoms with Crippen molar-refractivity contribution in [2.75, 3.05) is 12.3 Å². The summed E-state index contributed by atoms with van der Waals surface area (Å²) >= 11 is 3.05. The third kappa shape index (κ3) is 4.47. The van der Waals surface area contributed by atoms with E-state index in [9.17, 15) is 0 Å². The van der Waals surface area contributed by atoms with Crippen molar-refractivity contribution >= 4 is 23.3 Å². The fourth-order valence-electron chi connectivity index (χ4n) is 1.15. The molecule has 0 saturated carbocycles. The predicted molar refractivity (Wildman–Crippen MR) is 67.6 cm³/mol. The number of hydrogen-bond acceptors (Lipinski definition) is 6. The second-order valence-corrected chi connectivity index (χ2v) is 5.80. The summed E-state index contributed by atoms with van der Waals surface area (Å²) in [5.41, 5.74) is -0.423. The minimum Gasteiger partial charge on any atom is -0.300 e. The van der Waals surface area contributed by atoms with E-state index in [-0.39, 0.29) is 0 Å². The highest BCUT2D eigenvalue weighted by molar-refractivity contribution is 8.00. The van der Waals surface area contributed by atoms with E-state index in [0.29, 0.717) is 0 Å². The average molecular weight is 256 g/mol. The van der Waals surface area contributed by atoms with Gasteiger partial charge in [0, 0.05) is 5.75 Å². The minimum atomic E-state index is -0.423. The second-order valence-electron chi connectivity index (χ2n) is 3.68. The van der Waals surface area contributed by atoms with E-state index in [1.165, 1.54) is 11.5 Å². The molecule has 6 heteroatoms. The first kappa shape index (κ1) is 13.4. The molecule has 88 valence electrons. The number of nitrogens with one attached hydrogen (secondary N) is 1. The van der Waals surface area contributed by atoms with Crippen LogP contribution in [0.2, 0.25) is 0 Å². The first-order chi connectivity index (χ1) is 7.70. The van der Waals surface area contributed by atoms with E-state index in [0.717, 1.165) is 29.5 Å². The van der Waals surface area contributed by atoms with Gasteiger partial charge in [0.2, 0.25) is 0 Å². The van der Waals surface area contributed by atoms with Crippen LogP contribution in [0.1, 0.15) is 26.7 Å². The monoisotopic (exact) mass is 256 g/mol. The molecule has 0 radical (unpaired) electrons. The van der Waals surface area contributed by atoms with E-state index in [2.05, 4.69) is 27.7 Å². The normalized spacial score (nSPS) is 14.3. The molecule has 0 aliphatic rings. The molecular weight excluding hydrogens is 240 g/mol. The molecule has 16 heavy (non-hydrogen) atoms. The molecule has 1 aromatic rings. The third-order valence-corrected chi connectivity index (χ3v) is 3.98. The van der Waals surface area contributed by atoms with E-state index >= 15 is 0 Å². The zero-order chi connectivity index (χ0) is 11.9. The molecule has 4 nitrogen and oxygen atoms in total. The number of hydrogen-bond donors (Lipinski definition) is 1. The summed E-state index contributed by atoms with van der Waals surface area (Å²) in [5.74, 6) is 0.885. The second kappa shape index (κ2) is 6.84. The molecular formula is C10H16N4S2. The van der Waals surface area contributed by atoms with Crippen molar-refractivity contribution in [2.45, 2.75) is 36.6 Å². The highest BCUT2D eigenvalue weighted by Gasteiger charge is 2.22. The lowest BCUT2D eigenvalue weighted by molar-refractivity contribution is 0.437. The number of rotatable bonds is 7. The molecule has 1 rings (SSSR count). The first-order valence-electron chi connectivity index (χ1n) is 5.26. The lowest BCUT2D eigenvalue weighted by Crippen LogP contribution is -2.41. The van der Waals surface area contributed by atoms with Crippen LogP contribution in [0.4, 0.5) is 0 Å². The van der Waals surface area contributed by atoms with Gasteiger partial charge in [-0.1, -0.05) is 18.7 Å². The third-order valence-electron chi connectivity index (χ3n) is 2.18. The van der Waals surface area contributed by atoms with Crippen LogP contribution < -0.4 is 5.32 Å². The summed E-state index contributed by atoms with van der Waals surface area (Å²) in [6.07, 6.45) is 3.42. The predicted octanol–water partition coefficient (Wildman–Crippen LogP) is 2.30. The van der Waals surface area contributed by atoms with Gasteiger partial charge < -0.3 is 0 Å². The highest BCUT2D eigenvalue weighted by atomic mass is 32.2. The molecule has 1 unspecified atom stereocenters. The van der Waals surface area contributed by atoms with Gasteiger partial charge in [0.25, 0.3) is 0 Å². The Morgan fingerprint density at radius 3 is 3.06 bits per heavy atom.